The van der Waals surface area contributed by atoms with Gasteiger partial charge in [0.25, 0.3) is 0 Å². The van der Waals surface area contributed by atoms with Crippen LogP contribution in [-0.4, -0.2) is 49.6 Å². The van der Waals surface area contributed by atoms with Crippen molar-refractivity contribution in [3.8, 4) is 11.8 Å². The van der Waals surface area contributed by atoms with E-state index in [2.05, 4.69) is 32.0 Å². The lowest BCUT2D eigenvalue weighted by Gasteiger charge is -2.24. The molecular formula is C30H38ClFN6O2S. The van der Waals surface area contributed by atoms with Crippen LogP contribution in [0.25, 0.3) is 0 Å². The molecular weight excluding hydrogens is 563 g/mol. The van der Waals surface area contributed by atoms with E-state index >= 15 is 0 Å². The molecule has 1 aromatic carbocycles. The molecule has 5 rings (SSSR count). The Morgan fingerprint density at radius 1 is 1.24 bits per heavy atom. The van der Waals surface area contributed by atoms with Gasteiger partial charge < -0.3 is 15.0 Å². The third-order valence-electron chi connectivity index (χ3n) is 7.98. The van der Waals surface area contributed by atoms with Crippen molar-refractivity contribution in [3.05, 3.63) is 64.2 Å². The van der Waals surface area contributed by atoms with Gasteiger partial charge >= 0.3 is 0 Å². The molecule has 0 aliphatic heterocycles. The SMILES string of the molecule is CNc1ccc(F)c(Cl)c1.CSNC(C)(C)C#Cc1cc(C2(O)CC3CC(c4ncn(C)c4C=O)CC3C2)n(C)n1. The van der Waals surface area contributed by atoms with E-state index in [1.54, 1.807) is 40.6 Å². The first kappa shape index (κ1) is 31.1. The summed E-state index contributed by atoms with van der Waals surface area (Å²) in [4.78, 5) is 16.0. The molecule has 0 bridgehead atoms. The average molecular weight is 601 g/mol. The smallest absolute Gasteiger partial charge is 0.168 e. The number of aldehydes is 1. The van der Waals surface area contributed by atoms with Crippen molar-refractivity contribution in [1.29, 1.82) is 0 Å². The number of imidazole rings is 1. The molecule has 8 nitrogen and oxygen atoms in total. The number of benzene rings is 1. The molecule has 2 atom stereocenters. The molecule has 2 aromatic heterocycles. The van der Waals surface area contributed by atoms with Crippen LogP contribution in [0, 0.1) is 29.5 Å². The molecule has 2 unspecified atom stereocenters. The van der Waals surface area contributed by atoms with E-state index in [1.165, 1.54) is 12.1 Å². The Morgan fingerprint density at radius 3 is 2.51 bits per heavy atom. The van der Waals surface area contributed by atoms with Crippen molar-refractivity contribution in [2.24, 2.45) is 25.9 Å². The van der Waals surface area contributed by atoms with Gasteiger partial charge in [0.05, 0.1) is 28.3 Å². The third kappa shape index (κ3) is 6.97. The minimum atomic E-state index is -0.882. The van der Waals surface area contributed by atoms with Gasteiger partial charge in [0.15, 0.2) is 6.29 Å². The third-order valence-corrected chi connectivity index (χ3v) is 8.98. The number of halogens is 2. The molecule has 2 saturated carbocycles. The maximum Gasteiger partial charge on any atom is 0.168 e. The fraction of sp³-hybridized carbons (Fsp3) is 0.500. The number of aliphatic hydroxyl groups is 1. The Labute approximate surface area is 250 Å². The monoisotopic (exact) mass is 600 g/mol. The van der Waals surface area contributed by atoms with Crippen LogP contribution in [0.4, 0.5) is 10.1 Å². The van der Waals surface area contributed by atoms with E-state index in [4.69, 9.17) is 11.6 Å². The maximum absolute atomic E-state index is 12.5. The molecule has 0 saturated heterocycles. The second-order valence-electron chi connectivity index (χ2n) is 11.5. The maximum atomic E-state index is 12.5. The van der Waals surface area contributed by atoms with E-state index in [-0.39, 0.29) is 16.4 Å². The van der Waals surface area contributed by atoms with Crippen LogP contribution < -0.4 is 10.0 Å². The number of hydrogen-bond donors (Lipinski definition) is 3. The first-order chi connectivity index (χ1) is 19.4. The number of aromatic nitrogens is 4. The molecule has 0 spiro atoms. The van der Waals surface area contributed by atoms with Crippen molar-refractivity contribution in [3.63, 3.8) is 0 Å². The predicted molar refractivity (Wildman–Crippen MR) is 162 cm³/mol. The summed E-state index contributed by atoms with van der Waals surface area (Å²) >= 11 is 7.02. The van der Waals surface area contributed by atoms with Crippen LogP contribution in [-0.2, 0) is 19.7 Å². The number of hydrogen-bond acceptors (Lipinski definition) is 7. The zero-order chi connectivity index (χ0) is 29.9. The summed E-state index contributed by atoms with van der Waals surface area (Å²) in [6, 6.07) is 6.43. The highest BCUT2D eigenvalue weighted by Crippen LogP contribution is 2.56. The number of nitrogens with one attached hydrogen (secondary N) is 2. The highest BCUT2D eigenvalue weighted by Gasteiger charge is 2.51. The summed E-state index contributed by atoms with van der Waals surface area (Å²) in [5, 5.41) is 19.1. The first-order valence-corrected chi connectivity index (χ1v) is 15.2. The van der Waals surface area contributed by atoms with Crippen molar-refractivity contribution >= 4 is 35.5 Å². The number of aryl methyl sites for hydroxylation is 2. The van der Waals surface area contributed by atoms with Gasteiger partial charge in [-0.2, -0.15) is 5.10 Å². The van der Waals surface area contributed by atoms with Crippen LogP contribution in [0.2, 0.25) is 5.02 Å². The number of anilines is 1. The van der Waals surface area contributed by atoms with Gasteiger partial charge in [-0.15, -0.1) is 0 Å². The number of carbonyl (C=O) groups is 1. The van der Waals surface area contributed by atoms with Crippen LogP contribution in [0.3, 0.4) is 0 Å². The number of rotatable bonds is 6. The van der Waals surface area contributed by atoms with Gasteiger partial charge in [-0.3, -0.25) is 9.48 Å². The fourth-order valence-corrected chi connectivity index (χ4v) is 6.87. The molecule has 11 heteroatoms. The second-order valence-corrected chi connectivity index (χ2v) is 12.5. The summed E-state index contributed by atoms with van der Waals surface area (Å²) in [5.74, 6) is 7.12. The normalized spacial score (nSPS) is 23.3. The molecule has 2 aliphatic carbocycles. The van der Waals surface area contributed by atoms with E-state index in [0.717, 1.165) is 36.2 Å². The molecule has 0 radical (unpaired) electrons. The predicted octanol–water partition coefficient (Wildman–Crippen LogP) is 5.28. The average Bonchev–Trinajstić information content (AvgIpc) is 3.66. The van der Waals surface area contributed by atoms with Gasteiger partial charge in [0.2, 0.25) is 0 Å². The highest BCUT2D eigenvalue weighted by molar-refractivity contribution is 7.96. The molecule has 0 amide bonds. The summed E-state index contributed by atoms with van der Waals surface area (Å²) in [6.07, 6.45) is 7.95. The topological polar surface area (TPSA) is 97.0 Å². The Morgan fingerprint density at radius 2 is 1.93 bits per heavy atom. The molecule has 3 aromatic rings. The summed E-state index contributed by atoms with van der Waals surface area (Å²) in [6.45, 7) is 4.06. The molecule has 220 valence electrons. The highest BCUT2D eigenvalue weighted by atomic mass is 35.5. The van der Waals surface area contributed by atoms with Gasteiger partial charge in [0, 0.05) is 32.7 Å². The van der Waals surface area contributed by atoms with Crippen molar-refractivity contribution in [1.82, 2.24) is 24.1 Å². The van der Waals surface area contributed by atoms with Crippen LogP contribution in [0.15, 0.2) is 30.6 Å². The summed E-state index contributed by atoms with van der Waals surface area (Å²) in [5.41, 5.74) is 2.72. The second kappa shape index (κ2) is 12.6. The van der Waals surface area contributed by atoms with Crippen molar-refractivity contribution < 1.29 is 14.3 Å². The lowest BCUT2D eigenvalue weighted by Crippen LogP contribution is -2.32. The Balaban J connectivity index is 0.000000328. The Kier molecular flexibility index (Phi) is 9.54. The summed E-state index contributed by atoms with van der Waals surface area (Å²) < 4.78 is 19.3. The van der Waals surface area contributed by atoms with Gasteiger partial charge in [-0.1, -0.05) is 29.5 Å². The first-order valence-electron chi connectivity index (χ1n) is 13.6. The largest absolute Gasteiger partial charge is 0.388 e. The van der Waals surface area contributed by atoms with Crippen molar-refractivity contribution in [2.75, 3.05) is 18.6 Å². The molecule has 2 aliphatic rings. The van der Waals surface area contributed by atoms with Gasteiger partial charge in [0.1, 0.15) is 22.8 Å². The molecule has 2 heterocycles. The number of carbonyl (C=O) groups excluding carboxylic acids is 1. The van der Waals surface area contributed by atoms with Crippen LogP contribution in [0.5, 0.6) is 0 Å². The molecule has 2 fully saturated rings. The lowest BCUT2D eigenvalue weighted by atomic mass is 9.90. The van der Waals surface area contributed by atoms with Crippen LogP contribution >= 0.6 is 23.5 Å². The summed E-state index contributed by atoms with van der Waals surface area (Å²) in [7, 11) is 5.49. The van der Waals surface area contributed by atoms with Gasteiger partial charge in [-0.05, 0) is 87.8 Å². The minimum Gasteiger partial charge on any atom is -0.388 e. The Bertz CT molecular complexity index is 1440. The quantitative estimate of drug-likeness (QED) is 0.201. The number of nitrogens with zero attached hydrogens (tertiary/aromatic N) is 4. The fourth-order valence-electron chi connectivity index (χ4n) is 6.13. The zero-order valence-electron chi connectivity index (χ0n) is 24.3. The lowest BCUT2D eigenvalue weighted by molar-refractivity contribution is 0.0263. The zero-order valence-corrected chi connectivity index (χ0v) is 25.9. The molecule has 3 N–H and O–H groups in total. The van der Waals surface area contributed by atoms with E-state index < -0.39 is 5.60 Å². The Hall–Kier alpha value is -2.84. The minimum absolute atomic E-state index is 0.145. The van der Waals surface area contributed by atoms with E-state index in [1.807, 2.05) is 40.3 Å². The van der Waals surface area contributed by atoms with Crippen molar-refractivity contribution in [2.45, 2.75) is 56.6 Å². The molecule has 41 heavy (non-hydrogen) atoms. The van der Waals surface area contributed by atoms with E-state index in [0.29, 0.717) is 42.0 Å². The van der Waals surface area contributed by atoms with Crippen LogP contribution in [0.1, 0.15) is 73.0 Å². The van der Waals surface area contributed by atoms with E-state index in [9.17, 15) is 14.3 Å². The standard InChI is InChI=1S/C23H31N5O2S.C7H7ClFN/c1-22(2,26-31-5)7-6-18-10-20(28(4)25-18)23(30)11-16-8-15(9-17(16)12-23)21-19(13-29)27(3)14-24-21;1-10-5-2-3-7(9)6(8)4-5/h10,13-17,26,30H,8-9,11-12H2,1-5H3;2-4,10H,1H3. The number of fused-ring (bicyclic) bond motifs is 1. The van der Waals surface area contributed by atoms with Gasteiger partial charge in [-0.25, -0.2) is 14.1 Å².